The Hall–Kier alpha value is -0.830. The van der Waals surface area contributed by atoms with Crippen LogP contribution >= 0.6 is 22.9 Å². The summed E-state index contributed by atoms with van der Waals surface area (Å²) in [5, 5.41) is 0. The predicted octanol–water partition coefficient (Wildman–Crippen LogP) is 3.55. The highest BCUT2D eigenvalue weighted by molar-refractivity contribution is 7.16. The maximum absolute atomic E-state index is 6.56. The molecule has 0 amide bonds. The largest absolute Gasteiger partial charge is 0.317 e. The molecule has 0 saturated heterocycles. The van der Waals surface area contributed by atoms with Gasteiger partial charge in [0.15, 0.2) is 0 Å². The minimum absolute atomic E-state index is 0.325. The Morgan fingerprint density at radius 2 is 2.00 bits per heavy atom. The average Bonchev–Trinajstić information content (AvgIpc) is 2.86. The molecule has 0 radical (unpaired) electrons. The van der Waals surface area contributed by atoms with Crippen molar-refractivity contribution in [2.75, 3.05) is 0 Å². The number of halogens is 1. The molecule has 0 aliphatic heterocycles. The lowest BCUT2D eigenvalue weighted by atomic mass is 9.91. The number of thiophene rings is 1. The highest BCUT2D eigenvalue weighted by Crippen LogP contribution is 2.43. The molecule has 0 spiro atoms. The Balaban J connectivity index is 2.14. The van der Waals surface area contributed by atoms with Gasteiger partial charge >= 0.3 is 0 Å². The summed E-state index contributed by atoms with van der Waals surface area (Å²) in [5.74, 6) is 0. The molecular formula is C13H12ClNS. The molecule has 0 saturated carbocycles. The van der Waals surface area contributed by atoms with E-state index in [0.29, 0.717) is 0 Å². The lowest BCUT2D eigenvalue weighted by Crippen LogP contribution is -2.34. The Bertz CT molecular complexity index is 534. The smallest absolute Gasteiger partial charge is 0.0932 e. The van der Waals surface area contributed by atoms with E-state index in [1.165, 1.54) is 16.0 Å². The van der Waals surface area contributed by atoms with E-state index in [1.807, 2.05) is 6.07 Å². The van der Waals surface area contributed by atoms with Crippen molar-refractivity contribution in [2.45, 2.75) is 18.4 Å². The first-order valence-electron chi connectivity index (χ1n) is 5.33. The highest BCUT2D eigenvalue weighted by Gasteiger charge is 2.37. The van der Waals surface area contributed by atoms with Gasteiger partial charge in [-0.1, -0.05) is 35.9 Å². The first-order chi connectivity index (χ1) is 7.70. The fraction of sp³-hybridized carbons (Fsp3) is 0.231. The van der Waals surface area contributed by atoms with Crippen LogP contribution in [0.25, 0.3) is 0 Å². The van der Waals surface area contributed by atoms with Gasteiger partial charge in [-0.05, 0) is 36.1 Å². The van der Waals surface area contributed by atoms with Gasteiger partial charge in [0.1, 0.15) is 0 Å². The molecule has 2 aromatic rings. The van der Waals surface area contributed by atoms with Gasteiger partial charge in [0.25, 0.3) is 0 Å². The van der Waals surface area contributed by atoms with Crippen LogP contribution in [0, 0.1) is 0 Å². The third-order valence-electron chi connectivity index (χ3n) is 3.30. The second kappa shape index (κ2) is 3.59. The van der Waals surface area contributed by atoms with Gasteiger partial charge in [-0.2, -0.15) is 0 Å². The summed E-state index contributed by atoms with van der Waals surface area (Å²) < 4.78 is 0.809. The molecule has 1 aliphatic carbocycles. The monoisotopic (exact) mass is 249 g/mol. The summed E-state index contributed by atoms with van der Waals surface area (Å²) >= 11 is 7.58. The van der Waals surface area contributed by atoms with E-state index in [2.05, 4.69) is 30.3 Å². The molecule has 1 aliphatic rings. The molecule has 0 fully saturated rings. The summed E-state index contributed by atoms with van der Waals surface area (Å²) in [6.45, 7) is 0. The van der Waals surface area contributed by atoms with E-state index in [-0.39, 0.29) is 5.54 Å². The van der Waals surface area contributed by atoms with Gasteiger partial charge in [0, 0.05) is 4.88 Å². The SMILES string of the molecule is NC1(c2ccc(Cl)s2)CCc2ccccc21. The Morgan fingerprint density at radius 1 is 1.19 bits per heavy atom. The molecule has 1 heterocycles. The van der Waals surface area contributed by atoms with Crippen LogP contribution in [-0.4, -0.2) is 0 Å². The number of rotatable bonds is 1. The zero-order valence-corrected chi connectivity index (χ0v) is 10.3. The highest BCUT2D eigenvalue weighted by atomic mass is 35.5. The summed E-state index contributed by atoms with van der Waals surface area (Å²) in [5.41, 5.74) is 8.86. The number of aryl methyl sites for hydroxylation is 1. The van der Waals surface area contributed by atoms with Crippen molar-refractivity contribution in [3.63, 3.8) is 0 Å². The van der Waals surface area contributed by atoms with Crippen LogP contribution in [0.1, 0.15) is 22.4 Å². The van der Waals surface area contributed by atoms with Crippen molar-refractivity contribution in [2.24, 2.45) is 5.73 Å². The number of fused-ring (bicyclic) bond motifs is 1. The van der Waals surface area contributed by atoms with Crippen molar-refractivity contribution < 1.29 is 0 Å². The zero-order valence-electron chi connectivity index (χ0n) is 8.74. The normalized spacial score (nSPS) is 23.4. The van der Waals surface area contributed by atoms with Crippen molar-refractivity contribution in [3.05, 3.63) is 56.7 Å². The van der Waals surface area contributed by atoms with E-state index in [0.717, 1.165) is 17.2 Å². The Kier molecular flexibility index (Phi) is 2.32. The van der Waals surface area contributed by atoms with Gasteiger partial charge < -0.3 is 5.73 Å². The van der Waals surface area contributed by atoms with Gasteiger partial charge in [-0.3, -0.25) is 0 Å². The number of benzene rings is 1. The zero-order chi connectivity index (χ0) is 11.2. The van der Waals surface area contributed by atoms with Crippen LogP contribution in [0.15, 0.2) is 36.4 Å². The quantitative estimate of drug-likeness (QED) is 0.822. The average molecular weight is 250 g/mol. The van der Waals surface area contributed by atoms with E-state index < -0.39 is 0 Å². The lowest BCUT2D eigenvalue weighted by molar-refractivity contribution is 0.546. The molecule has 1 aromatic heterocycles. The summed E-state index contributed by atoms with van der Waals surface area (Å²) in [4.78, 5) is 1.17. The maximum Gasteiger partial charge on any atom is 0.0932 e. The second-order valence-electron chi connectivity index (χ2n) is 4.23. The van der Waals surface area contributed by atoms with Crippen LogP contribution < -0.4 is 5.73 Å². The molecule has 1 aromatic carbocycles. The molecule has 3 heteroatoms. The minimum Gasteiger partial charge on any atom is -0.317 e. The minimum atomic E-state index is -0.325. The molecule has 82 valence electrons. The maximum atomic E-state index is 6.56. The number of hydrogen-bond acceptors (Lipinski definition) is 2. The summed E-state index contributed by atoms with van der Waals surface area (Å²) in [7, 11) is 0. The van der Waals surface area contributed by atoms with E-state index in [9.17, 15) is 0 Å². The van der Waals surface area contributed by atoms with Crippen molar-refractivity contribution in [1.82, 2.24) is 0 Å². The molecule has 2 N–H and O–H groups in total. The Morgan fingerprint density at radius 3 is 2.75 bits per heavy atom. The van der Waals surface area contributed by atoms with Crippen LogP contribution in [0.2, 0.25) is 4.34 Å². The van der Waals surface area contributed by atoms with Gasteiger partial charge in [0.05, 0.1) is 9.88 Å². The third kappa shape index (κ3) is 1.41. The van der Waals surface area contributed by atoms with E-state index in [1.54, 1.807) is 11.3 Å². The third-order valence-corrected chi connectivity index (χ3v) is 4.71. The van der Waals surface area contributed by atoms with Crippen LogP contribution in [0.5, 0.6) is 0 Å². The summed E-state index contributed by atoms with van der Waals surface area (Å²) in [6, 6.07) is 12.4. The topological polar surface area (TPSA) is 26.0 Å². The number of nitrogens with two attached hydrogens (primary N) is 1. The van der Waals surface area contributed by atoms with Crippen LogP contribution in [0.4, 0.5) is 0 Å². The van der Waals surface area contributed by atoms with Gasteiger partial charge in [0.2, 0.25) is 0 Å². The van der Waals surface area contributed by atoms with Crippen molar-refractivity contribution >= 4 is 22.9 Å². The fourth-order valence-corrected chi connectivity index (χ4v) is 3.64. The molecule has 16 heavy (non-hydrogen) atoms. The van der Waals surface area contributed by atoms with Gasteiger partial charge in [-0.15, -0.1) is 11.3 Å². The first kappa shape index (κ1) is 10.3. The van der Waals surface area contributed by atoms with E-state index in [4.69, 9.17) is 17.3 Å². The van der Waals surface area contributed by atoms with Crippen molar-refractivity contribution in [1.29, 1.82) is 0 Å². The van der Waals surface area contributed by atoms with Crippen LogP contribution in [-0.2, 0) is 12.0 Å². The molecule has 1 atom stereocenters. The lowest BCUT2D eigenvalue weighted by Gasteiger charge is -2.23. The van der Waals surface area contributed by atoms with Crippen molar-refractivity contribution in [3.8, 4) is 0 Å². The van der Waals surface area contributed by atoms with Crippen LogP contribution in [0.3, 0.4) is 0 Å². The van der Waals surface area contributed by atoms with Gasteiger partial charge in [-0.25, -0.2) is 0 Å². The number of hydrogen-bond donors (Lipinski definition) is 1. The van der Waals surface area contributed by atoms with E-state index >= 15 is 0 Å². The molecule has 1 unspecified atom stereocenters. The molecule has 0 bridgehead atoms. The second-order valence-corrected chi connectivity index (χ2v) is 5.95. The molecule has 1 nitrogen and oxygen atoms in total. The first-order valence-corrected chi connectivity index (χ1v) is 6.53. The predicted molar refractivity (Wildman–Crippen MR) is 69.1 cm³/mol. The molecular weight excluding hydrogens is 238 g/mol. The standard InChI is InChI=1S/C13H12ClNS/c14-12-6-5-11(16-12)13(15)8-7-9-3-1-2-4-10(9)13/h1-6H,7-8,15H2. The summed E-state index contributed by atoms with van der Waals surface area (Å²) in [6.07, 6.45) is 2.03. The molecule has 3 rings (SSSR count). The fourth-order valence-electron chi connectivity index (χ4n) is 2.45. The Labute approximate surface area is 104 Å².